The fourth-order valence-electron chi connectivity index (χ4n) is 2.66. The number of amides is 2. The summed E-state index contributed by atoms with van der Waals surface area (Å²) >= 11 is 0. The fourth-order valence-corrected chi connectivity index (χ4v) is 3.20. The van der Waals surface area contributed by atoms with Crippen molar-refractivity contribution in [2.45, 2.75) is 31.6 Å². The summed E-state index contributed by atoms with van der Waals surface area (Å²) in [5, 5.41) is 5.09. The highest BCUT2D eigenvalue weighted by molar-refractivity contribution is 7.89. The lowest BCUT2D eigenvalue weighted by Gasteiger charge is -2.15. The molecule has 2 aromatic rings. The molecular formula is C20H25N3O6S. The topological polar surface area (TPSA) is 137 Å². The van der Waals surface area contributed by atoms with Crippen LogP contribution in [0, 0.1) is 6.92 Å². The van der Waals surface area contributed by atoms with Crippen molar-refractivity contribution in [3.63, 3.8) is 0 Å². The van der Waals surface area contributed by atoms with Gasteiger partial charge in [-0.25, -0.2) is 13.6 Å². The molecule has 10 heteroatoms. The zero-order valence-corrected chi connectivity index (χ0v) is 18.0. The van der Waals surface area contributed by atoms with Crippen LogP contribution in [-0.4, -0.2) is 33.9 Å². The summed E-state index contributed by atoms with van der Waals surface area (Å²) in [5.41, 5.74) is 6.27. The summed E-state index contributed by atoms with van der Waals surface area (Å²) in [7, 11) is -2.69. The number of sulfonamides is 1. The largest absolute Gasteiger partial charge is 0.496 e. The number of hydrogen-bond acceptors (Lipinski definition) is 6. The maximum absolute atomic E-state index is 12.4. The van der Waals surface area contributed by atoms with Gasteiger partial charge in [-0.1, -0.05) is 26.0 Å². The third-order valence-electron chi connectivity index (χ3n) is 4.21. The van der Waals surface area contributed by atoms with Crippen LogP contribution < -0.4 is 25.5 Å². The minimum absolute atomic E-state index is 0.106. The number of carbonyl (C=O) groups is 2. The maximum Gasteiger partial charge on any atom is 0.276 e. The van der Waals surface area contributed by atoms with Gasteiger partial charge in [0, 0.05) is 0 Å². The lowest BCUT2D eigenvalue weighted by atomic mass is 10.0. The SMILES string of the molecule is COc1ccc(S(N)(=O)=O)cc1C(=O)NNC(=O)COc1cc(C)ccc1C(C)C. The molecule has 0 unspecified atom stereocenters. The summed E-state index contributed by atoms with van der Waals surface area (Å²) in [5.74, 6) is -0.451. The second-order valence-electron chi connectivity index (χ2n) is 6.89. The van der Waals surface area contributed by atoms with E-state index in [1.54, 1.807) is 0 Å². The zero-order chi connectivity index (χ0) is 22.5. The average Bonchev–Trinajstić information content (AvgIpc) is 2.69. The van der Waals surface area contributed by atoms with E-state index in [0.29, 0.717) is 5.75 Å². The maximum atomic E-state index is 12.4. The van der Waals surface area contributed by atoms with Crippen LogP contribution in [0.25, 0.3) is 0 Å². The van der Waals surface area contributed by atoms with Gasteiger partial charge in [-0.05, 0) is 48.2 Å². The van der Waals surface area contributed by atoms with Crippen molar-refractivity contribution in [2.24, 2.45) is 5.14 Å². The predicted molar refractivity (Wildman–Crippen MR) is 111 cm³/mol. The highest BCUT2D eigenvalue weighted by Gasteiger charge is 2.18. The number of methoxy groups -OCH3 is 1. The molecule has 2 rings (SSSR count). The minimum atomic E-state index is -4.01. The van der Waals surface area contributed by atoms with E-state index in [4.69, 9.17) is 14.6 Å². The first kappa shape index (κ1) is 23.2. The first-order valence-electron chi connectivity index (χ1n) is 9.06. The van der Waals surface area contributed by atoms with Crippen molar-refractivity contribution in [1.29, 1.82) is 0 Å². The molecule has 0 saturated heterocycles. The second kappa shape index (κ2) is 9.59. The molecule has 2 aromatic carbocycles. The number of hydrogen-bond donors (Lipinski definition) is 3. The van der Waals surface area contributed by atoms with Crippen molar-refractivity contribution in [3.8, 4) is 11.5 Å². The van der Waals surface area contributed by atoms with E-state index in [1.165, 1.54) is 19.2 Å². The molecule has 0 fully saturated rings. The molecule has 0 heterocycles. The molecule has 0 atom stereocenters. The van der Waals surface area contributed by atoms with Crippen LogP contribution >= 0.6 is 0 Å². The van der Waals surface area contributed by atoms with Gasteiger partial charge >= 0.3 is 0 Å². The lowest BCUT2D eigenvalue weighted by molar-refractivity contribution is -0.123. The Kier molecular flexibility index (Phi) is 7.41. The highest BCUT2D eigenvalue weighted by atomic mass is 32.2. The normalized spacial score (nSPS) is 11.1. The van der Waals surface area contributed by atoms with Gasteiger partial charge in [0.25, 0.3) is 11.8 Å². The third kappa shape index (κ3) is 5.94. The number of nitrogens with two attached hydrogens (primary N) is 1. The molecule has 9 nitrogen and oxygen atoms in total. The Balaban J connectivity index is 2.04. The Hall–Kier alpha value is -3.11. The first-order valence-corrected chi connectivity index (χ1v) is 10.6. The van der Waals surface area contributed by atoms with Crippen molar-refractivity contribution in [3.05, 3.63) is 53.1 Å². The first-order chi connectivity index (χ1) is 14.0. The van der Waals surface area contributed by atoms with Gasteiger partial charge < -0.3 is 9.47 Å². The number of primary sulfonamides is 1. The van der Waals surface area contributed by atoms with Crippen molar-refractivity contribution >= 4 is 21.8 Å². The smallest absolute Gasteiger partial charge is 0.276 e. The van der Waals surface area contributed by atoms with Gasteiger partial charge in [0.1, 0.15) is 11.5 Å². The van der Waals surface area contributed by atoms with Crippen LogP contribution in [0.2, 0.25) is 0 Å². The van der Waals surface area contributed by atoms with E-state index in [1.807, 2.05) is 39.0 Å². The van der Waals surface area contributed by atoms with Gasteiger partial charge in [0.2, 0.25) is 10.0 Å². The van der Waals surface area contributed by atoms with Crippen LogP contribution in [0.5, 0.6) is 11.5 Å². The van der Waals surface area contributed by atoms with E-state index in [-0.39, 0.29) is 28.7 Å². The number of nitrogens with one attached hydrogen (secondary N) is 2. The van der Waals surface area contributed by atoms with Crippen LogP contribution in [0.1, 0.15) is 41.3 Å². The molecule has 0 bridgehead atoms. The average molecular weight is 436 g/mol. The zero-order valence-electron chi connectivity index (χ0n) is 17.2. The van der Waals surface area contributed by atoms with E-state index in [0.717, 1.165) is 17.2 Å². The number of aryl methyl sites for hydroxylation is 1. The number of ether oxygens (including phenoxy) is 2. The fraction of sp³-hybridized carbons (Fsp3) is 0.300. The highest BCUT2D eigenvalue weighted by Crippen LogP contribution is 2.27. The molecule has 2 amide bonds. The molecule has 0 aliphatic carbocycles. The van der Waals surface area contributed by atoms with Gasteiger partial charge in [-0.2, -0.15) is 0 Å². The Morgan fingerprint density at radius 1 is 1.07 bits per heavy atom. The molecule has 0 radical (unpaired) electrons. The Morgan fingerprint density at radius 3 is 2.37 bits per heavy atom. The quantitative estimate of drug-likeness (QED) is 0.565. The third-order valence-corrected chi connectivity index (χ3v) is 5.12. The molecular weight excluding hydrogens is 410 g/mol. The summed E-state index contributed by atoms with van der Waals surface area (Å²) < 4.78 is 33.7. The Bertz CT molecular complexity index is 1050. The number of carbonyl (C=O) groups excluding carboxylic acids is 2. The lowest BCUT2D eigenvalue weighted by Crippen LogP contribution is -2.44. The minimum Gasteiger partial charge on any atom is -0.496 e. The molecule has 0 aliphatic heterocycles. The molecule has 162 valence electrons. The van der Waals surface area contributed by atoms with Crippen molar-refractivity contribution in [1.82, 2.24) is 10.9 Å². The molecule has 4 N–H and O–H groups in total. The van der Waals surface area contributed by atoms with Gasteiger partial charge in [0.15, 0.2) is 6.61 Å². The van der Waals surface area contributed by atoms with Crippen LogP contribution in [0.4, 0.5) is 0 Å². The molecule has 0 aromatic heterocycles. The molecule has 0 spiro atoms. The second-order valence-corrected chi connectivity index (χ2v) is 8.46. The van der Waals surface area contributed by atoms with E-state index in [9.17, 15) is 18.0 Å². The summed E-state index contributed by atoms with van der Waals surface area (Å²) in [6.45, 7) is 5.62. The Labute approximate surface area is 175 Å². The molecule has 0 saturated carbocycles. The van der Waals surface area contributed by atoms with E-state index >= 15 is 0 Å². The van der Waals surface area contributed by atoms with Crippen molar-refractivity contribution < 1.29 is 27.5 Å². The van der Waals surface area contributed by atoms with Crippen LogP contribution in [-0.2, 0) is 14.8 Å². The van der Waals surface area contributed by atoms with Crippen LogP contribution in [0.15, 0.2) is 41.3 Å². The van der Waals surface area contributed by atoms with Gasteiger partial charge in [-0.3, -0.25) is 20.4 Å². The summed E-state index contributed by atoms with van der Waals surface area (Å²) in [6.07, 6.45) is 0. The van der Waals surface area contributed by atoms with Gasteiger partial charge in [0.05, 0.1) is 17.6 Å². The molecule has 0 aliphatic rings. The monoisotopic (exact) mass is 435 g/mol. The van der Waals surface area contributed by atoms with E-state index in [2.05, 4.69) is 10.9 Å². The predicted octanol–water partition coefficient (Wildman–Crippen LogP) is 1.61. The summed E-state index contributed by atoms with van der Waals surface area (Å²) in [6, 6.07) is 9.32. The van der Waals surface area contributed by atoms with Gasteiger partial charge in [-0.15, -0.1) is 0 Å². The van der Waals surface area contributed by atoms with E-state index < -0.39 is 21.8 Å². The number of benzene rings is 2. The number of rotatable bonds is 7. The standard InChI is InChI=1S/C20H25N3O6S/c1-12(2)15-7-5-13(3)9-18(15)29-11-19(24)22-23-20(25)16-10-14(30(21,26)27)6-8-17(16)28-4/h5-10,12H,11H2,1-4H3,(H,22,24)(H,23,25)(H2,21,26,27). The number of hydrazine groups is 1. The Morgan fingerprint density at radius 2 is 1.77 bits per heavy atom. The van der Waals surface area contributed by atoms with Crippen molar-refractivity contribution in [2.75, 3.05) is 13.7 Å². The van der Waals surface area contributed by atoms with Crippen LogP contribution in [0.3, 0.4) is 0 Å². The molecule has 30 heavy (non-hydrogen) atoms. The summed E-state index contributed by atoms with van der Waals surface area (Å²) in [4.78, 5) is 24.2.